The highest BCUT2D eigenvalue weighted by Crippen LogP contribution is 2.24. The zero-order chi connectivity index (χ0) is 17.1. The largest absolute Gasteiger partial charge is 0.371 e. The normalized spacial score (nSPS) is 17.1. The number of hydrogen-bond donors (Lipinski definition) is 2. The number of anilines is 1. The Morgan fingerprint density at radius 1 is 1.29 bits per heavy atom. The fraction of sp³-hybridized carbons (Fsp3) is 0.333. The summed E-state index contributed by atoms with van der Waals surface area (Å²) < 4.78 is 0. The quantitative estimate of drug-likeness (QED) is 0.895. The van der Waals surface area contributed by atoms with Crippen molar-refractivity contribution in [2.45, 2.75) is 13.3 Å². The Bertz CT molecular complexity index is 786. The van der Waals surface area contributed by atoms with E-state index in [1.54, 1.807) is 19.1 Å². The minimum atomic E-state index is -0.346. The van der Waals surface area contributed by atoms with Crippen LogP contribution >= 0.6 is 11.6 Å². The van der Waals surface area contributed by atoms with Crippen molar-refractivity contribution in [3.05, 3.63) is 63.0 Å². The summed E-state index contributed by atoms with van der Waals surface area (Å²) in [7, 11) is 0. The molecule has 3 rings (SSSR count). The van der Waals surface area contributed by atoms with Gasteiger partial charge in [-0.1, -0.05) is 11.6 Å². The number of H-pyrrole nitrogens is 1. The van der Waals surface area contributed by atoms with Gasteiger partial charge in [0.05, 0.1) is 0 Å². The van der Waals surface area contributed by atoms with E-state index in [-0.39, 0.29) is 17.0 Å². The first-order chi connectivity index (χ1) is 11.5. The van der Waals surface area contributed by atoms with Crippen LogP contribution in [0.15, 0.2) is 41.2 Å². The maximum absolute atomic E-state index is 12.2. The Hall–Kier alpha value is -2.27. The minimum absolute atomic E-state index is 0.160. The zero-order valence-electron chi connectivity index (χ0n) is 13.5. The lowest BCUT2D eigenvalue weighted by molar-refractivity contribution is 0.0946. The number of nitrogens with one attached hydrogen (secondary N) is 2. The van der Waals surface area contributed by atoms with Gasteiger partial charge in [0.25, 0.3) is 11.5 Å². The highest BCUT2D eigenvalue weighted by atomic mass is 35.5. The number of aryl methyl sites for hydroxylation is 1. The van der Waals surface area contributed by atoms with Crippen LogP contribution in [0.3, 0.4) is 0 Å². The van der Waals surface area contributed by atoms with E-state index in [0.29, 0.717) is 12.5 Å². The summed E-state index contributed by atoms with van der Waals surface area (Å²) >= 11 is 5.92. The number of benzene rings is 1. The lowest BCUT2D eigenvalue weighted by Crippen LogP contribution is -2.34. The van der Waals surface area contributed by atoms with Gasteiger partial charge >= 0.3 is 0 Å². The van der Waals surface area contributed by atoms with Gasteiger partial charge in [-0.05, 0) is 55.7 Å². The number of pyridine rings is 1. The molecule has 1 aliphatic rings. The molecule has 2 heterocycles. The van der Waals surface area contributed by atoms with Gasteiger partial charge in [0.1, 0.15) is 5.56 Å². The second kappa shape index (κ2) is 7.09. The van der Waals surface area contributed by atoms with Crippen LogP contribution < -0.4 is 15.8 Å². The molecule has 2 N–H and O–H groups in total. The smallest absolute Gasteiger partial charge is 0.260 e. The molecule has 1 aromatic carbocycles. The van der Waals surface area contributed by atoms with E-state index in [1.165, 1.54) is 0 Å². The molecule has 2 aromatic rings. The predicted octanol–water partition coefficient (Wildman–Crippen LogP) is 2.59. The molecule has 0 unspecified atom stereocenters. The summed E-state index contributed by atoms with van der Waals surface area (Å²) in [6.45, 7) is 4.18. The van der Waals surface area contributed by atoms with Crippen molar-refractivity contribution in [3.8, 4) is 0 Å². The molecule has 1 amide bonds. The van der Waals surface area contributed by atoms with E-state index in [1.807, 2.05) is 24.3 Å². The lowest BCUT2D eigenvalue weighted by atomic mass is 10.1. The third kappa shape index (κ3) is 3.79. The van der Waals surface area contributed by atoms with Crippen LogP contribution in [0.5, 0.6) is 0 Å². The van der Waals surface area contributed by atoms with E-state index < -0.39 is 0 Å². The highest BCUT2D eigenvalue weighted by Gasteiger charge is 2.23. The fourth-order valence-corrected chi connectivity index (χ4v) is 3.09. The highest BCUT2D eigenvalue weighted by molar-refractivity contribution is 6.30. The summed E-state index contributed by atoms with van der Waals surface area (Å²) in [5.41, 5.74) is 1.70. The second-order valence-electron chi connectivity index (χ2n) is 6.17. The minimum Gasteiger partial charge on any atom is -0.371 e. The summed E-state index contributed by atoms with van der Waals surface area (Å²) in [5, 5.41) is 3.60. The van der Waals surface area contributed by atoms with Gasteiger partial charge in [-0.25, -0.2) is 0 Å². The number of carbonyl (C=O) groups is 1. The van der Waals surface area contributed by atoms with E-state index in [4.69, 9.17) is 11.6 Å². The van der Waals surface area contributed by atoms with Gasteiger partial charge in [-0.15, -0.1) is 0 Å². The zero-order valence-corrected chi connectivity index (χ0v) is 14.3. The van der Waals surface area contributed by atoms with Crippen molar-refractivity contribution in [2.24, 2.45) is 5.92 Å². The molecule has 0 radical (unpaired) electrons. The van der Waals surface area contributed by atoms with E-state index in [9.17, 15) is 9.59 Å². The Kier molecular flexibility index (Phi) is 4.90. The van der Waals surface area contributed by atoms with Crippen molar-refractivity contribution in [3.63, 3.8) is 0 Å². The third-order valence-corrected chi connectivity index (χ3v) is 4.58. The van der Waals surface area contributed by atoms with Crippen molar-refractivity contribution in [1.82, 2.24) is 10.3 Å². The number of halogens is 1. The van der Waals surface area contributed by atoms with Crippen LogP contribution in [0.1, 0.15) is 22.5 Å². The second-order valence-corrected chi connectivity index (χ2v) is 6.61. The van der Waals surface area contributed by atoms with Crippen LogP contribution in [-0.4, -0.2) is 30.5 Å². The molecule has 5 nitrogen and oxygen atoms in total. The molecule has 0 aliphatic carbocycles. The topological polar surface area (TPSA) is 65.2 Å². The standard InChI is InChI=1S/C18H20ClN3O2/c1-12-2-7-16(18(24)21-12)17(23)20-10-13-8-9-22(11-13)15-5-3-14(19)4-6-15/h2-7,13H,8-11H2,1H3,(H,20,23)(H,21,24)/t13-/m0/s1. The molecule has 6 heteroatoms. The molecule has 0 spiro atoms. The molecule has 0 saturated carbocycles. The molecule has 24 heavy (non-hydrogen) atoms. The predicted molar refractivity (Wildman–Crippen MR) is 95.9 cm³/mol. The van der Waals surface area contributed by atoms with Crippen molar-refractivity contribution in [1.29, 1.82) is 0 Å². The number of hydrogen-bond acceptors (Lipinski definition) is 3. The molecule has 1 fully saturated rings. The molecule has 126 valence electrons. The number of aromatic nitrogens is 1. The number of amides is 1. The van der Waals surface area contributed by atoms with Gasteiger partial charge in [-0.2, -0.15) is 0 Å². The van der Waals surface area contributed by atoms with Crippen molar-refractivity contribution >= 4 is 23.2 Å². The SMILES string of the molecule is Cc1ccc(C(=O)NC[C@@H]2CCN(c3ccc(Cl)cc3)C2)c(=O)[nH]1. The van der Waals surface area contributed by atoms with Crippen molar-refractivity contribution < 1.29 is 4.79 Å². The van der Waals surface area contributed by atoms with Crippen LogP contribution in [0, 0.1) is 12.8 Å². The monoisotopic (exact) mass is 345 g/mol. The first-order valence-electron chi connectivity index (χ1n) is 8.01. The van der Waals surface area contributed by atoms with Gasteiger partial charge in [-0.3, -0.25) is 9.59 Å². The Labute approximate surface area is 145 Å². The van der Waals surface area contributed by atoms with Gasteiger partial charge < -0.3 is 15.2 Å². The molecule has 1 saturated heterocycles. The number of aromatic amines is 1. The lowest BCUT2D eigenvalue weighted by Gasteiger charge is -2.19. The molecular formula is C18H20ClN3O2. The van der Waals surface area contributed by atoms with Gasteiger partial charge in [0, 0.05) is 36.0 Å². The number of carbonyl (C=O) groups excluding carboxylic acids is 1. The molecule has 1 aliphatic heterocycles. The summed E-state index contributed by atoms with van der Waals surface area (Å²) in [6, 6.07) is 11.1. The van der Waals surface area contributed by atoms with Crippen LogP contribution in [0.25, 0.3) is 0 Å². The summed E-state index contributed by atoms with van der Waals surface area (Å²) in [5.74, 6) is 0.0513. The molecule has 1 atom stereocenters. The Morgan fingerprint density at radius 3 is 2.75 bits per heavy atom. The molecule has 0 bridgehead atoms. The Morgan fingerprint density at radius 2 is 2.04 bits per heavy atom. The fourth-order valence-electron chi connectivity index (χ4n) is 2.97. The van der Waals surface area contributed by atoms with Crippen LogP contribution in [-0.2, 0) is 0 Å². The molecule has 1 aromatic heterocycles. The first-order valence-corrected chi connectivity index (χ1v) is 8.39. The van der Waals surface area contributed by atoms with Gasteiger partial charge in [0.2, 0.25) is 0 Å². The van der Waals surface area contributed by atoms with E-state index >= 15 is 0 Å². The average Bonchev–Trinajstić information content (AvgIpc) is 3.02. The third-order valence-electron chi connectivity index (χ3n) is 4.33. The van der Waals surface area contributed by atoms with E-state index in [0.717, 1.165) is 35.9 Å². The maximum Gasteiger partial charge on any atom is 0.260 e. The molecular weight excluding hydrogens is 326 g/mol. The maximum atomic E-state index is 12.2. The van der Waals surface area contributed by atoms with Crippen molar-refractivity contribution in [2.75, 3.05) is 24.5 Å². The van der Waals surface area contributed by atoms with E-state index in [2.05, 4.69) is 15.2 Å². The Balaban J connectivity index is 1.55. The number of nitrogens with zero attached hydrogens (tertiary/aromatic N) is 1. The van der Waals surface area contributed by atoms with Gasteiger partial charge in [0.15, 0.2) is 0 Å². The van der Waals surface area contributed by atoms with Crippen LogP contribution in [0.4, 0.5) is 5.69 Å². The van der Waals surface area contributed by atoms with Crippen LogP contribution in [0.2, 0.25) is 5.02 Å². The number of rotatable bonds is 4. The summed E-state index contributed by atoms with van der Waals surface area (Å²) in [4.78, 5) is 28.9. The summed E-state index contributed by atoms with van der Waals surface area (Å²) in [6.07, 6.45) is 1.01. The first kappa shape index (κ1) is 16.6. The average molecular weight is 346 g/mol.